The quantitative estimate of drug-likeness (QED) is 0.258. The van der Waals surface area contributed by atoms with Crippen molar-refractivity contribution in [3.05, 3.63) is 59.3 Å². The van der Waals surface area contributed by atoms with Crippen LogP contribution in [0.2, 0.25) is 0 Å². The largest absolute Gasteiger partial charge is 0.299 e. The zero-order valence-corrected chi connectivity index (χ0v) is 20.9. The molecule has 0 spiro atoms. The molecule has 6 unspecified atom stereocenters. The second-order valence-electron chi connectivity index (χ2n) is 11.5. The predicted molar refractivity (Wildman–Crippen MR) is 135 cm³/mol. The number of allylic oxidation sites excluding steroid dienone is 10. The Morgan fingerprint density at radius 2 is 1.71 bits per heavy atom. The van der Waals surface area contributed by atoms with E-state index in [0.717, 1.165) is 38.5 Å². The van der Waals surface area contributed by atoms with Gasteiger partial charge in [0.25, 0.3) is 0 Å². The van der Waals surface area contributed by atoms with Gasteiger partial charge in [-0.3, -0.25) is 19.2 Å². The maximum atomic E-state index is 13.8. The Labute approximate surface area is 208 Å². The average Bonchev–Trinajstić information content (AvgIpc) is 3.62. The smallest absolute Gasteiger partial charge is 0.210 e. The summed E-state index contributed by atoms with van der Waals surface area (Å²) < 4.78 is 0. The molecule has 0 amide bonds. The van der Waals surface area contributed by atoms with Gasteiger partial charge in [0.1, 0.15) is 5.78 Å². The highest BCUT2D eigenvalue weighted by atomic mass is 16.2. The van der Waals surface area contributed by atoms with Crippen molar-refractivity contribution in [1.82, 2.24) is 0 Å². The number of hydrogen-bond acceptors (Lipinski definition) is 4. The Morgan fingerprint density at radius 1 is 0.971 bits per heavy atom. The van der Waals surface area contributed by atoms with Crippen molar-refractivity contribution in [3.8, 4) is 0 Å². The summed E-state index contributed by atoms with van der Waals surface area (Å²) in [5.74, 6) is -2.79. The fourth-order valence-corrected chi connectivity index (χ4v) is 7.17. The highest BCUT2D eigenvalue weighted by Crippen LogP contribution is 2.53. The first-order valence-corrected chi connectivity index (χ1v) is 13.4. The molecule has 2 fully saturated rings. The van der Waals surface area contributed by atoms with Crippen LogP contribution in [0.1, 0.15) is 65.2 Å². The van der Waals surface area contributed by atoms with E-state index >= 15 is 0 Å². The summed E-state index contributed by atoms with van der Waals surface area (Å²) in [6, 6.07) is 0. The van der Waals surface area contributed by atoms with Gasteiger partial charge in [0.05, 0.1) is 11.8 Å². The van der Waals surface area contributed by atoms with Gasteiger partial charge in [-0.1, -0.05) is 79.5 Å². The van der Waals surface area contributed by atoms with E-state index in [1.807, 2.05) is 13.8 Å². The van der Waals surface area contributed by atoms with Crippen molar-refractivity contribution >= 4 is 23.1 Å². The molecular weight excluding hydrogens is 436 g/mol. The molecule has 4 heteroatoms. The van der Waals surface area contributed by atoms with E-state index in [0.29, 0.717) is 18.3 Å². The Bertz CT molecular complexity index is 1100. The number of Topliss-reactive ketones (excluding diaryl/α,β-unsaturated/α-hetero) is 4. The molecule has 35 heavy (non-hydrogen) atoms. The molecule has 5 aliphatic carbocycles. The normalized spacial score (nSPS) is 34.0. The molecule has 0 N–H and O–H groups in total. The van der Waals surface area contributed by atoms with Gasteiger partial charge in [-0.2, -0.15) is 0 Å². The maximum absolute atomic E-state index is 13.8. The van der Waals surface area contributed by atoms with Gasteiger partial charge in [-0.25, -0.2) is 0 Å². The third-order valence-corrected chi connectivity index (χ3v) is 8.79. The van der Waals surface area contributed by atoms with E-state index in [9.17, 15) is 19.2 Å². The molecule has 6 atom stereocenters. The van der Waals surface area contributed by atoms with Crippen LogP contribution in [-0.2, 0) is 19.2 Å². The summed E-state index contributed by atoms with van der Waals surface area (Å²) in [5, 5.41) is 0. The van der Waals surface area contributed by atoms with Gasteiger partial charge in [0.15, 0.2) is 5.78 Å². The van der Waals surface area contributed by atoms with E-state index in [1.54, 1.807) is 0 Å². The lowest BCUT2D eigenvalue weighted by atomic mass is 9.69. The lowest BCUT2D eigenvalue weighted by Crippen LogP contribution is -2.30. The minimum Gasteiger partial charge on any atom is -0.299 e. The van der Waals surface area contributed by atoms with Crippen LogP contribution in [0.3, 0.4) is 0 Å². The maximum Gasteiger partial charge on any atom is 0.210 e. The van der Waals surface area contributed by atoms with Crippen molar-refractivity contribution in [2.75, 3.05) is 0 Å². The van der Waals surface area contributed by atoms with Crippen LogP contribution in [0.25, 0.3) is 0 Å². The van der Waals surface area contributed by atoms with Gasteiger partial charge in [0, 0.05) is 18.3 Å². The van der Waals surface area contributed by atoms with E-state index in [4.69, 9.17) is 0 Å². The van der Waals surface area contributed by atoms with E-state index in [-0.39, 0.29) is 35.7 Å². The molecule has 0 aromatic carbocycles. The highest BCUT2D eigenvalue weighted by Gasteiger charge is 2.51. The summed E-state index contributed by atoms with van der Waals surface area (Å²) in [6.45, 7) is 3.88. The van der Waals surface area contributed by atoms with E-state index in [1.165, 1.54) is 16.7 Å². The summed E-state index contributed by atoms with van der Waals surface area (Å²) in [4.78, 5) is 52.0. The molecular formula is C31H36O4. The molecule has 5 aliphatic rings. The first kappa shape index (κ1) is 24.1. The van der Waals surface area contributed by atoms with Gasteiger partial charge in [0.2, 0.25) is 11.6 Å². The Balaban J connectivity index is 1.38. The van der Waals surface area contributed by atoms with Gasteiger partial charge < -0.3 is 0 Å². The fraction of sp³-hybridized carbons (Fsp3) is 0.548. The van der Waals surface area contributed by atoms with Gasteiger partial charge >= 0.3 is 0 Å². The van der Waals surface area contributed by atoms with Crippen LogP contribution in [0, 0.1) is 41.4 Å². The Morgan fingerprint density at radius 3 is 2.40 bits per heavy atom. The Kier molecular flexibility index (Phi) is 6.74. The number of carbonyl (C=O) groups excluding carboxylic acids is 4. The lowest BCUT2D eigenvalue weighted by molar-refractivity contribution is -0.138. The second kappa shape index (κ2) is 9.79. The van der Waals surface area contributed by atoms with Crippen LogP contribution < -0.4 is 0 Å². The summed E-state index contributed by atoms with van der Waals surface area (Å²) in [7, 11) is 0. The molecule has 184 valence electrons. The lowest BCUT2D eigenvalue weighted by Gasteiger charge is -2.35. The number of hydrogen-bond donors (Lipinski definition) is 0. The third kappa shape index (κ3) is 4.52. The molecule has 0 aromatic heterocycles. The van der Waals surface area contributed by atoms with Crippen molar-refractivity contribution in [2.24, 2.45) is 41.4 Å². The number of fused-ring (bicyclic) bond motifs is 1. The second-order valence-corrected chi connectivity index (χ2v) is 11.5. The molecule has 0 aromatic rings. The monoisotopic (exact) mass is 472 g/mol. The zero-order valence-electron chi connectivity index (χ0n) is 20.9. The van der Waals surface area contributed by atoms with Crippen LogP contribution in [0.5, 0.6) is 0 Å². The molecule has 5 rings (SSSR count). The molecule has 4 nitrogen and oxygen atoms in total. The van der Waals surface area contributed by atoms with Crippen LogP contribution >= 0.6 is 0 Å². The van der Waals surface area contributed by atoms with E-state index in [2.05, 4.69) is 42.5 Å². The van der Waals surface area contributed by atoms with Crippen molar-refractivity contribution in [2.45, 2.75) is 65.2 Å². The van der Waals surface area contributed by atoms with Crippen molar-refractivity contribution < 1.29 is 19.2 Å². The highest BCUT2D eigenvalue weighted by molar-refractivity contribution is 6.51. The van der Waals surface area contributed by atoms with E-state index < -0.39 is 23.4 Å². The van der Waals surface area contributed by atoms with Crippen molar-refractivity contribution in [3.63, 3.8) is 0 Å². The standard InChI is InChI=1S/C31H36O4/c1-18(2)14-25-29(33)26(31(35)30(25)34)17-27(32)24-16-23-21(15-19-8-3-4-9-19)12-7-13-22(23)28(24)20-10-5-6-11-20/h3-6,8,10,16,18,21-22,24-26,28H,7,9,11-15,17H2,1-2H3. The summed E-state index contributed by atoms with van der Waals surface area (Å²) in [6.07, 6.45) is 21.7. The molecule has 2 saturated carbocycles. The molecule has 0 radical (unpaired) electrons. The minimum absolute atomic E-state index is 0.0464. The minimum atomic E-state index is -1.08. The number of rotatable bonds is 8. The van der Waals surface area contributed by atoms with Crippen LogP contribution in [0.4, 0.5) is 0 Å². The number of carbonyl (C=O) groups is 4. The first-order valence-electron chi connectivity index (χ1n) is 13.4. The van der Waals surface area contributed by atoms with Gasteiger partial charge in [-0.05, 0) is 56.3 Å². The zero-order chi connectivity index (χ0) is 24.7. The van der Waals surface area contributed by atoms with Crippen LogP contribution in [-0.4, -0.2) is 23.1 Å². The predicted octanol–water partition coefficient (Wildman–Crippen LogP) is 5.70. The Hall–Kier alpha value is -2.62. The third-order valence-electron chi connectivity index (χ3n) is 8.79. The summed E-state index contributed by atoms with van der Waals surface area (Å²) >= 11 is 0. The molecule has 0 bridgehead atoms. The van der Waals surface area contributed by atoms with Crippen LogP contribution in [0.15, 0.2) is 59.3 Å². The number of ketones is 4. The molecule has 0 heterocycles. The fourth-order valence-electron chi connectivity index (χ4n) is 7.17. The average molecular weight is 473 g/mol. The molecule has 0 saturated heterocycles. The summed E-state index contributed by atoms with van der Waals surface area (Å²) in [5.41, 5.74) is 4.17. The first-order chi connectivity index (χ1) is 16.8. The topological polar surface area (TPSA) is 68.3 Å². The molecule has 0 aliphatic heterocycles. The van der Waals surface area contributed by atoms with Gasteiger partial charge in [-0.15, -0.1) is 0 Å². The SMILES string of the molecule is CC(C)CC1C(=O)C(=O)C(CC(=O)C2C=C3C(CC4=CC=CC4)CCCC3C2C2=CC=CC2)C1=O. The van der Waals surface area contributed by atoms with Crippen molar-refractivity contribution in [1.29, 1.82) is 0 Å².